The number of hydrogen-bond donors (Lipinski definition) is 2. The van der Waals surface area contributed by atoms with Crippen LogP contribution in [0.4, 0.5) is 11.4 Å². The zero-order chi connectivity index (χ0) is 22.5. The maximum atomic E-state index is 12.5. The van der Waals surface area contributed by atoms with E-state index in [0.29, 0.717) is 29.8 Å². The Morgan fingerprint density at radius 1 is 0.969 bits per heavy atom. The second-order valence-corrected chi connectivity index (χ2v) is 7.98. The highest BCUT2D eigenvalue weighted by Crippen LogP contribution is 2.24. The third-order valence-corrected chi connectivity index (χ3v) is 5.70. The minimum atomic E-state index is -0.552. The number of nitrogens with one attached hydrogen (secondary N) is 1. The van der Waals surface area contributed by atoms with Gasteiger partial charge in [0.25, 0.3) is 0 Å². The van der Waals surface area contributed by atoms with Crippen LogP contribution < -0.4 is 16.0 Å². The molecular weight excluding hydrogens is 406 g/mol. The van der Waals surface area contributed by atoms with E-state index >= 15 is 0 Å². The van der Waals surface area contributed by atoms with Crippen LogP contribution in [0.15, 0.2) is 53.5 Å². The molecule has 2 aromatic rings. The Morgan fingerprint density at radius 3 is 2.47 bits per heavy atom. The van der Waals surface area contributed by atoms with E-state index in [-0.39, 0.29) is 18.2 Å². The Morgan fingerprint density at radius 2 is 1.72 bits per heavy atom. The molecule has 8 nitrogen and oxygen atoms in total. The monoisotopic (exact) mass is 433 g/mol. The second kappa shape index (κ2) is 9.64. The number of guanidine groups is 1. The summed E-state index contributed by atoms with van der Waals surface area (Å²) in [6.07, 6.45) is 3.46. The fraction of sp³-hybridized carbons (Fsp3) is 0.333. The van der Waals surface area contributed by atoms with Gasteiger partial charge in [-0.1, -0.05) is 18.2 Å². The van der Waals surface area contributed by atoms with Crippen LogP contribution in [0.25, 0.3) is 0 Å². The van der Waals surface area contributed by atoms with Crippen LogP contribution >= 0.6 is 0 Å². The molecule has 0 saturated carbocycles. The molecule has 0 unspecified atom stereocenters. The summed E-state index contributed by atoms with van der Waals surface area (Å²) in [7, 11) is 0. The van der Waals surface area contributed by atoms with Gasteiger partial charge < -0.3 is 16.0 Å². The van der Waals surface area contributed by atoms with Crippen molar-refractivity contribution < 1.29 is 14.4 Å². The van der Waals surface area contributed by atoms with Crippen LogP contribution in [0.5, 0.6) is 0 Å². The summed E-state index contributed by atoms with van der Waals surface area (Å²) in [6.45, 7) is 2.21. The van der Waals surface area contributed by atoms with Crippen molar-refractivity contribution in [1.29, 1.82) is 0 Å². The lowest BCUT2D eigenvalue weighted by molar-refractivity contribution is -0.129. The molecule has 0 bridgehead atoms. The molecule has 0 spiro atoms. The number of piperidine rings is 1. The van der Waals surface area contributed by atoms with Gasteiger partial charge in [0.15, 0.2) is 0 Å². The minimum Gasteiger partial charge on any atom is -0.366 e. The van der Waals surface area contributed by atoms with Crippen LogP contribution in [0.1, 0.15) is 41.6 Å². The zero-order valence-corrected chi connectivity index (χ0v) is 17.9. The average molecular weight is 434 g/mol. The summed E-state index contributed by atoms with van der Waals surface area (Å²) in [5.41, 5.74) is 7.92. The minimum absolute atomic E-state index is 0.0564. The quantitative estimate of drug-likeness (QED) is 0.755. The van der Waals surface area contributed by atoms with E-state index in [1.165, 1.54) is 0 Å². The van der Waals surface area contributed by atoms with E-state index in [4.69, 9.17) is 5.73 Å². The van der Waals surface area contributed by atoms with Crippen molar-refractivity contribution >= 4 is 35.1 Å². The van der Waals surface area contributed by atoms with Crippen molar-refractivity contribution in [1.82, 2.24) is 4.90 Å². The molecule has 2 aliphatic rings. The first-order valence-corrected chi connectivity index (χ1v) is 10.9. The number of carbonyl (C=O) groups is 3. The van der Waals surface area contributed by atoms with Crippen molar-refractivity contribution in [2.75, 3.05) is 29.9 Å². The lowest BCUT2D eigenvalue weighted by atomic mass is 10.0. The summed E-state index contributed by atoms with van der Waals surface area (Å²) in [5, 5.41) is 2.86. The van der Waals surface area contributed by atoms with Crippen molar-refractivity contribution in [3.8, 4) is 0 Å². The van der Waals surface area contributed by atoms with Crippen molar-refractivity contribution in [2.45, 2.75) is 32.1 Å². The Hall–Kier alpha value is -3.68. The van der Waals surface area contributed by atoms with Crippen LogP contribution in [-0.2, 0) is 16.0 Å². The fourth-order valence-electron chi connectivity index (χ4n) is 4.10. The average Bonchev–Trinajstić information content (AvgIpc) is 2.80. The van der Waals surface area contributed by atoms with Crippen LogP contribution in [0.2, 0.25) is 0 Å². The lowest BCUT2D eigenvalue weighted by Crippen LogP contribution is -2.51. The lowest BCUT2D eigenvalue weighted by Gasteiger charge is -2.37. The Balaban J connectivity index is 1.44. The summed E-state index contributed by atoms with van der Waals surface area (Å²) >= 11 is 0. The molecule has 1 fully saturated rings. The smallest absolute Gasteiger partial charge is 0.248 e. The molecule has 0 radical (unpaired) electrons. The van der Waals surface area contributed by atoms with Crippen molar-refractivity contribution in [2.24, 2.45) is 10.7 Å². The molecule has 4 rings (SSSR count). The number of hydrogen-bond acceptors (Lipinski definition) is 5. The summed E-state index contributed by atoms with van der Waals surface area (Å²) < 4.78 is 0. The highest BCUT2D eigenvalue weighted by molar-refractivity contribution is 6.06. The molecular formula is C24H27N5O3. The Bertz CT molecular complexity index is 1050. The first-order chi connectivity index (χ1) is 15.5. The third kappa shape index (κ3) is 4.80. The summed E-state index contributed by atoms with van der Waals surface area (Å²) in [6, 6.07) is 14.3. The van der Waals surface area contributed by atoms with Gasteiger partial charge >= 0.3 is 0 Å². The predicted octanol–water partition coefficient (Wildman–Crippen LogP) is 2.55. The van der Waals surface area contributed by atoms with Gasteiger partial charge in [-0.2, -0.15) is 0 Å². The molecule has 3 N–H and O–H groups in total. The molecule has 8 heteroatoms. The van der Waals surface area contributed by atoms with Crippen LogP contribution in [0.3, 0.4) is 0 Å². The van der Waals surface area contributed by atoms with Gasteiger partial charge in [0.1, 0.15) is 0 Å². The number of aliphatic imine (C=N–C) groups is 1. The molecule has 0 aliphatic carbocycles. The molecule has 2 heterocycles. The molecule has 1 saturated heterocycles. The number of primary amides is 1. The van der Waals surface area contributed by atoms with Crippen LogP contribution in [-0.4, -0.2) is 48.2 Å². The molecule has 32 heavy (non-hydrogen) atoms. The van der Waals surface area contributed by atoms with Gasteiger partial charge in [0, 0.05) is 43.0 Å². The molecule has 0 aromatic heterocycles. The van der Waals surface area contributed by atoms with Crippen LogP contribution in [0, 0.1) is 0 Å². The highest BCUT2D eigenvalue weighted by atomic mass is 16.2. The molecule has 3 amide bonds. The third-order valence-electron chi connectivity index (χ3n) is 5.70. The van der Waals surface area contributed by atoms with Gasteiger partial charge in [-0.05, 0) is 55.2 Å². The SMILES string of the molecule is NC(=O)c1ccccc1CC(=O)Nc1ccc(N2CCCN=C2N2CCCCC2=O)cc1. The van der Waals surface area contributed by atoms with E-state index in [0.717, 1.165) is 44.0 Å². The number of anilines is 2. The van der Waals surface area contributed by atoms with Crippen molar-refractivity contribution in [3.63, 3.8) is 0 Å². The van der Waals surface area contributed by atoms with E-state index < -0.39 is 5.91 Å². The largest absolute Gasteiger partial charge is 0.366 e. The fourth-order valence-corrected chi connectivity index (χ4v) is 4.10. The van der Waals surface area contributed by atoms with Gasteiger partial charge in [-0.3, -0.25) is 24.3 Å². The van der Waals surface area contributed by atoms with E-state index in [2.05, 4.69) is 15.2 Å². The van der Waals surface area contributed by atoms with Gasteiger partial charge in [-0.15, -0.1) is 0 Å². The number of carbonyl (C=O) groups excluding carboxylic acids is 3. The first kappa shape index (κ1) is 21.5. The number of nitrogens with zero attached hydrogens (tertiary/aromatic N) is 3. The molecule has 2 aromatic carbocycles. The normalized spacial score (nSPS) is 16.5. The maximum absolute atomic E-state index is 12.5. The second-order valence-electron chi connectivity index (χ2n) is 7.98. The molecule has 2 aliphatic heterocycles. The van der Waals surface area contributed by atoms with Gasteiger partial charge in [0.05, 0.1) is 6.42 Å². The number of nitrogens with two attached hydrogens (primary N) is 1. The molecule has 0 atom stereocenters. The van der Waals surface area contributed by atoms with Gasteiger partial charge in [0.2, 0.25) is 23.7 Å². The number of likely N-dealkylation sites (tertiary alicyclic amines) is 1. The highest BCUT2D eigenvalue weighted by Gasteiger charge is 2.29. The number of benzene rings is 2. The maximum Gasteiger partial charge on any atom is 0.248 e. The Labute approximate surface area is 187 Å². The first-order valence-electron chi connectivity index (χ1n) is 10.9. The number of rotatable bonds is 5. The topological polar surface area (TPSA) is 108 Å². The summed E-state index contributed by atoms with van der Waals surface area (Å²) in [4.78, 5) is 45.0. The van der Waals surface area contributed by atoms with Crippen molar-refractivity contribution in [3.05, 3.63) is 59.7 Å². The standard InChI is InChI=1S/C24H27N5O3/c25-23(32)20-7-2-1-6-17(20)16-21(30)27-18-9-11-19(12-10-18)28-15-5-13-26-24(28)29-14-4-3-8-22(29)31/h1-2,6-7,9-12H,3-5,8,13-16H2,(H2,25,32)(H,27,30). The van der Waals surface area contributed by atoms with E-state index in [1.54, 1.807) is 29.2 Å². The zero-order valence-electron chi connectivity index (χ0n) is 17.9. The van der Waals surface area contributed by atoms with E-state index in [9.17, 15) is 14.4 Å². The molecule has 166 valence electrons. The van der Waals surface area contributed by atoms with E-state index in [1.807, 2.05) is 24.3 Å². The number of amides is 3. The predicted molar refractivity (Wildman–Crippen MR) is 124 cm³/mol. The Kier molecular flexibility index (Phi) is 6.49. The summed E-state index contributed by atoms with van der Waals surface area (Å²) in [5.74, 6) is 0.0670. The van der Waals surface area contributed by atoms with Gasteiger partial charge in [-0.25, -0.2) is 0 Å².